The quantitative estimate of drug-likeness (QED) is 0.905. The van der Waals surface area contributed by atoms with Crippen molar-refractivity contribution in [2.45, 2.75) is 38.1 Å². The van der Waals surface area contributed by atoms with Crippen molar-refractivity contribution >= 4 is 38.3 Å². The van der Waals surface area contributed by atoms with Crippen LogP contribution in [0, 0.1) is 0 Å². The zero-order valence-electron chi connectivity index (χ0n) is 13.2. The van der Waals surface area contributed by atoms with Crippen LogP contribution >= 0.6 is 11.3 Å². The second kappa shape index (κ2) is 6.45. The molecule has 0 saturated carbocycles. The summed E-state index contributed by atoms with van der Waals surface area (Å²) in [5, 5.41) is 7.50. The van der Waals surface area contributed by atoms with Gasteiger partial charge in [-0.25, -0.2) is 4.98 Å². The molecule has 2 aliphatic rings. The standard InChI is InChI=1S/C17H22N4OS/c22-16(11-12-4-3-7-18-12)19-13-5-6-14-15(10-13)23-17(20-14)21-8-1-2-9-21/h5-6,10,12,18H,1-4,7-9,11H2,(H,19,22). The second-order valence-corrected chi connectivity index (χ2v) is 7.43. The highest BCUT2D eigenvalue weighted by Gasteiger charge is 2.19. The number of benzene rings is 1. The molecule has 0 bridgehead atoms. The number of hydrogen-bond donors (Lipinski definition) is 2. The lowest BCUT2D eigenvalue weighted by atomic mass is 10.1. The van der Waals surface area contributed by atoms with Gasteiger partial charge in [0.2, 0.25) is 5.91 Å². The normalized spacial score (nSPS) is 21.2. The Hall–Kier alpha value is -1.66. The fourth-order valence-corrected chi connectivity index (χ4v) is 4.46. The SMILES string of the molecule is O=C(CC1CCCN1)Nc1ccc2nc(N3CCCC3)sc2c1. The summed E-state index contributed by atoms with van der Waals surface area (Å²) in [7, 11) is 0. The van der Waals surface area contributed by atoms with Crippen LogP contribution in [0.4, 0.5) is 10.8 Å². The highest BCUT2D eigenvalue weighted by Crippen LogP contribution is 2.32. The molecule has 5 nitrogen and oxygen atoms in total. The molecule has 23 heavy (non-hydrogen) atoms. The Morgan fingerprint density at radius 3 is 3.00 bits per heavy atom. The molecule has 2 saturated heterocycles. The van der Waals surface area contributed by atoms with Gasteiger partial charge in [-0.3, -0.25) is 4.79 Å². The van der Waals surface area contributed by atoms with Gasteiger partial charge >= 0.3 is 0 Å². The van der Waals surface area contributed by atoms with Crippen LogP contribution in [-0.4, -0.2) is 36.6 Å². The second-order valence-electron chi connectivity index (χ2n) is 6.42. The van der Waals surface area contributed by atoms with Gasteiger partial charge in [0.25, 0.3) is 0 Å². The van der Waals surface area contributed by atoms with Gasteiger partial charge in [0.1, 0.15) is 0 Å². The van der Waals surface area contributed by atoms with E-state index in [-0.39, 0.29) is 5.91 Å². The fraction of sp³-hybridized carbons (Fsp3) is 0.529. The molecule has 1 unspecified atom stereocenters. The molecule has 1 atom stereocenters. The van der Waals surface area contributed by atoms with Crippen molar-refractivity contribution in [2.24, 2.45) is 0 Å². The molecular weight excluding hydrogens is 308 g/mol. The number of rotatable bonds is 4. The molecule has 2 aliphatic heterocycles. The molecular formula is C17H22N4OS. The molecule has 0 aliphatic carbocycles. The van der Waals surface area contributed by atoms with Crippen molar-refractivity contribution in [1.29, 1.82) is 0 Å². The number of anilines is 2. The minimum absolute atomic E-state index is 0.0908. The van der Waals surface area contributed by atoms with Gasteiger partial charge in [-0.2, -0.15) is 0 Å². The van der Waals surface area contributed by atoms with Crippen LogP contribution in [0.3, 0.4) is 0 Å². The van der Waals surface area contributed by atoms with Crippen LogP contribution in [0.25, 0.3) is 10.2 Å². The highest BCUT2D eigenvalue weighted by molar-refractivity contribution is 7.22. The molecule has 6 heteroatoms. The van der Waals surface area contributed by atoms with Crippen molar-refractivity contribution in [1.82, 2.24) is 10.3 Å². The first-order chi connectivity index (χ1) is 11.3. The molecule has 1 aromatic heterocycles. The molecule has 0 radical (unpaired) electrons. The van der Waals surface area contributed by atoms with Crippen molar-refractivity contribution in [2.75, 3.05) is 29.9 Å². The van der Waals surface area contributed by atoms with Gasteiger partial charge < -0.3 is 15.5 Å². The van der Waals surface area contributed by atoms with E-state index in [0.717, 1.165) is 47.1 Å². The maximum Gasteiger partial charge on any atom is 0.225 e. The molecule has 4 rings (SSSR count). The number of fused-ring (bicyclic) bond motifs is 1. The van der Waals surface area contributed by atoms with Gasteiger partial charge in [0, 0.05) is 31.2 Å². The zero-order valence-corrected chi connectivity index (χ0v) is 14.0. The van der Waals surface area contributed by atoms with E-state index in [2.05, 4.69) is 15.5 Å². The molecule has 1 amide bonds. The first-order valence-electron chi connectivity index (χ1n) is 8.47. The van der Waals surface area contributed by atoms with Gasteiger partial charge in [-0.15, -0.1) is 0 Å². The van der Waals surface area contributed by atoms with E-state index < -0.39 is 0 Å². The number of nitrogens with one attached hydrogen (secondary N) is 2. The van der Waals surface area contributed by atoms with Crippen LogP contribution in [0.5, 0.6) is 0 Å². The number of hydrogen-bond acceptors (Lipinski definition) is 5. The Bertz CT molecular complexity index is 702. The molecule has 2 N–H and O–H groups in total. The molecule has 0 spiro atoms. The monoisotopic (exact) mass is 330 g/mol. The number of thiazole rings is 1. The van der Waals surface area contributed by atoms with E-state index in [0.29, 0.717) is 12.5 Å². The van der Waals surface area contributed by atoms with Gasteiger partial charge in [-0.1, -0.05) is 11.3 Å². The lowest BCUT2D eigenvalue weighted by Gasteiger charge is -2.11. The lowest BCUT2D eigenvalue weighted by Crippen LogP contribution is -2.27. The Kier molecular flexibility index (Phi) is 4.18. The number of carbonyl (C=O) groups excluding carboxylic acids is 1. The summed E-state index contributed by atoms with van der Waals surface area (Å²) in [6, 6.07) is 6.35. The number of nitrogens with zero attached hydrogens (tertiary/aromatic N) is 2. The third-order valence-corrected chi connectivity index (χ3v) is 5.71. The predicted octanol–water partition coefficient (Wildman–Crippen LogP) is 2.98. The van der Waals surface area contributed by atoms with E-state index in [1.54, 1.807) is 11.3 Å². The topological polar surface area (TPSA) is 57.3 Å². The van der Waals surface area contributed by atoms with E-state index >= 15 is 0 Å². The van der Waals surface area contributed by atoms with Crippen LogP contribution in [-0.2, 0) is 4.79 Å². The molecule has 122 valence electrons. The maximum absolute atomic E-state index is 12.1. The maximum atomic E-state index is 12.1. The largest absolute Gasteiger partial charge is 0.348 e. The number of carbonyl (C=O) groups is 1. The summed E-state index contributed by atoms with van der Waals surface area (Å²) in [6.07, 6.45) is 5.34. The van der Waals surface area contributed by atoms with E-state index in [4.69, 9.17) is 4.98 Å². The molecule has 1 aromatic carbocycles. The van der Waals surface area contributed by atoms with Crippen LogP contribution in [0.2, 0.25) is 0 Å². The Labute approximate surface area is 140 Å². The molecule has 2 aromatic rings. The predicted molar refractivity (Wildman–Crippen MR) is 95.3 cm³/mol. The number of amides is 1. The summed E-state index contributed by atoms with van der Waals surface area (Å²) in [4.78, 5) is 19.2. The van der Waals surface area contributed by atoms with E-state index in [9.17, 15) is 4.79 Å². The minimum Gasteiger partial charge on any atom is -0.348 e. The van der Waals surface area contributed by atoms with Crippen molar-refractivity contribution in [3.63, 3.8) is 0 Å². The summed E-state index contributed by atoms with van der Waals surface area (Å²) >= 11 is 1.72. The molecule has 3 heterocycles. The third-order valence-electron chi connectivity index (χ3n) is 4.63. The highest BCUT2D eigenvalue weighted by atomic mass is 32.1. The van der Waals surface area contributed by atoms with Gasteiger partial charge in [0.05, 0.1) is 10.2 Å². The average molecular weight is 330 g/mol. The Morgan fingerprint density at radius 1 is 1.35 bits per heavy atom. The van der Waals surface area contributed by atoms with Crippen molar-refractivity contribution in [3.05, 3.63) is 18.2 Å². The van der Waals surface area contributed by atoms with Crippen LogP contribution in [0.15, 0.2) is 18.2 Å². The lowest BCUT2D eigenvalue weighted by molar-refractivity contribution is -0.116. The smallest absolute Gasteiger partial charge is 0.225 e. The Balaban J connectivity index is 1.46. The summed E-state index contributed by atoms with van der Waals surface area (Å²) in [5.74, 6) is 0.0908. The molecule has 2 fully saturated rings. The zero-order chi connectivity index (χ0) is 15.6. The van der Waals surface area contributed by atoms with Gasteiger partial charge in [0.15, 0.2) is 5.13 Å². The third kappa shape index (κ3) is 3.33. The number of aromatic nitrogens is 1. The fourth-order valence-electron chi connectivity index (χ4n) is 3.40. The average Bonchev–Trinajstić information content (AvgIpc) is 3.27. The van der Waals surface area contributed by atoms with E-state index in [1.807, 2.05) is 18.2 Å². The summed E-state index contributed by atoms with van der Waals surface area (Å²) in [6.45, 7) is 3.25. The van der Waals surface area contributed by atoms with Crippen molar-refractivity contribution in [3.8, 4) is 0 Å². The van der Waals surface area contributed by atoms with E-state index in [1.165, 1.54) is 19.3 Å². The van der Waals surface area contributed by atoms with Crippen molar-refractivity contribution < 1.29 is 4.79 Å². The summed E-state index contributed by atoms with van der Waals surface area (Å²) < 4.78 is 1.14. The minimum atomic E-state index is 0.0908. The van der Waals surface area contributed by atoms with Crippen LogP contribution in [0.1, 0.15) is 32.1 Å². The first-order valence-corrected chi connectivity index (χ1v) is 9.28. The van der Waals surface area contributed by atoms with Gasteiger partial charge in [-0.05, 0) is 50.4 Å². The Morgan fingerprint density at radius 2 is 2.22 bits per heavy atom. The summed E-state index contributed by atoms with van der Waals surface area (Å²) in [5.41, 5.74) is 1.89. The van der Waals surface area contributed by atoms with Crippen LogP contribution < -0.4 is 15.5 Å². The first kappa shape index (κ1) is 14.9.